The molecule has 2 aromatic heterocycles. The van der Waals surface area contributed by atoms with E-state index in [-0.39, 0.29) is 11.0 Å². The van der Waals surface area contributed by atoms with Gasteiger partial charge in [-0.15, -0.1) is 11.3 Å². The fourth-order valence-electron chi connectivity index (χ4n) is 2.90. The lowest BCUT2D eigenvalue weighted by Crippen LogP contribution is -2.47. The number of nitrogens with zero attached hydrogens (tertiary/aromatic N) is 4. The number of morpholine rings is 1. The highest BCUT2D eigenvalue weighted by Crippen LogP contribution is 2.31. The maximum atomic E-state index is 6.09. The summed E-state index contributed by atoms with van der Waals surface area (Å²) in [6, 6.07) is 0. The van der Waals surface area contributed by atoms with Crippen LogP contribution in [-0.4, -0.2) is 39.4 Å². The Balaban J connectivity index is 1.70. The molecule has 5 nitrogen and oxygen atoms in total. The molecule has 0 aliphatic carbocycles. The molecule has 6 heteroatoms. The summed E-state index contributed by atoms with van der Waals surface area (Å²) in [6.07, 6.45) is 5.99. The van der Waals surface area contributed by atoms with E-state index in [1.807, 2.05) is 41.7 Å². The van der Waals surface area contributed by atoms with Gasteiger partial charge in [-0.2, -0.15) is 5.10 Å². The molecule has 1 aliphatic rings. The van der Waals surface area contributed by atoms with E-state index in [9.17, 15) is 0 Å². The van der Waals surface area contributed by atoms with Crippen molar-refractivity contribution in [2.75, 3.05) is 19.7 Å². The Kier molecular flexibility index (Phi) is 4.33. The molecule has 0 N–H and O–H groups in total. The quantitative estimate of drug-likeness (QED) is 0.866. The van der Waals surface area contributed by atoms with Gasteiger partial charge in [0.05, 0.1) is 17.8 Å². The highest BCUT2D eigenvalue weighted by Gasteiger charge is 2.35. The zero-order valence-corrected chi connectivity index (χ0v) is 15.5. The van der Waals surface area contributed by atoms with E-state index in [1.165, 1.54) is 9.88 Å². The van der Waals surface area contributed by atoms with Crippen molar-refractivity contribution in [2.24, 2.45) is 7.05 Å². The first-order valence-corrected chi connectivity index (χ1v) is 8.88. The highest BCUT2D eigenvalue weighted by molar-refractivity contribution is 7.11. The van der Waals surface area contributed by atoms with Crippen LogP contribution in [0.1, 0.15) is 43.1 Å². The van der Waals surface area contributed by atoms with Crippen molar-refractivity contribution in [1.29, 1.82) is 0 Å². The highest BCUT2D eigenvalue weighted by atomic mass is 32.1. The molecule has 3 rings (SSSR count). The zero-order chi connectivity index (χ0) is 16.7. The van der Waals surface area contributed by atoms with E-state index < -0.39 is 0 Å². The van der Waals surface area contributed by atoms with E-state index >= 15 is 0 Å². The summed E-state index contributed by atoms with van der Waals surface area (Å²) in [5, 5.41) is 5.49. The summed E-state index contributed by atoms with van der Waals surface area (Å²) < 4.78 is 7.92. The summed E-state index contributed by atoms with van der Waals surface area (Å²) >= 11 is 1.82. The van der Waals surface area contributed by atoms with E-state index in [2.05, 4.69) is 42.7 Å². The largest absolute Gasteiger partial charge is 0.368 e. The lowest BCUT2D eigenvalue weighted by molar-refractivity contribution is -0.105. The van der Waals surface area contributed by atoms with Gasteiger partial charge in [0, 0.05) is 54.9 Å². The second kappa shape index (κ2) is 6.00. The minimum atomic E-state index is -0.288. The molecular formula is C17H26N4OS. The average Bonchev–Trinajstić information content (AvgIpc) is 3.07. The molecule has 0 saturated carbocycles. The minimum absolute atomic E-state index is 0.123. The maximum Gasteiger partial charge on any atom is 0.106 e. The number of hydrogen-bond donors (Lipinski definition) is 0. The third-order valence-electron chi connectivity index (χ3n) is 4.24. The molecule has 1 atom stereocenters. The van der Waals surface area contributed by atoms with Gasteiger partial charge in [-0.25, -0.2) is 4.98 Å². The van der Waals surface area contributed by atoms with Crippen LogP contribution in [0.3, 0.4) is 0 Å². The Bertz CT molecular complexity index is 672. The summed E-state index contributed by atoms with van der Waals surface area (Å²) in [7, 11) is 1.94. The topological polar surface area (TPSA) is 43.2 Å². The van der Waals surface area contributed by atoms with Crippen molar-refractivity contribution in [3.8, 4) is 0 Å². The molecule has 0 unspecified atom stereocenters. The predicted molar refractivity (Wildman–Crippen MR) is 92.6 cm³/mol. The first-order chi connectivity index (χ1) is 10.8. The first kappa shape index (κ1) is 16.6. The van der Waals surface area contributed by atoms with Crippen molar-refractivity contribution in [3.05, 3.63) is 34.0 Å². The Labute approximate surface area is 142 Å². The molecule has 0 aromatic carbocycles. The van der Waals surface area contributed by atoms with Crippen molar-refractivity contribution < 1.29 is 4.74 Å². The van der Waals surface area contributed by atoms with Gasteiger partial charge in [0.15, 0.2) is 0 Å². The van der Waals surface area contributed by atoms with Crippen LogP contribution in [0.2, 0.25) is 0 Å². The maximum absolute atomic E-state index is 6.09. The van der Waals surface area contributed by atoms with Gasteiger partial charge in [-0.3, -0.25) is 9.58 Å². The van der Waals surface area contributed by atoms with Crippen LogP contribution in [-0.2, 0) is 29.3 Å². The van der Waals surface area contributed by atoms with Gasteiger partial charge in [0.25, 0.3) is 0 Å². The van der Waals surface area contributed by atoms with E-state index in [0.717, 1.165) is 31.8 Å². The summed E-state index contributed by atoms with van der Waals surface area (Å²) in [6.45, 7) is 12.3. The molecule has 23 heavy (non-hydrogen) atoms. The lowest BCUT2D eigenvalue weighted by atomic mass is 9.97. The number of thiazole rings is 1. The van der Waals surface area contributed by atoms with Crippen LogP contribution >= 0.6 is 11.3 Å². The number of ether oxygens (including phenoxy) is 1. The third kappa shape index (κ3) is 3.65. The normalized spacial score (nSPS) is 23.3. The fraction of sp³-hybridized carbons (Fsp3) is 0.647. The monoisotopic (exact) mass is 334 g/mol. The van der Waals surface area contributed by atoms with Gasteiger partial charge in [-0.1, -0.05) is 20.8 Å². The van der Waals surface area contributed by atoms with Crippen LogP contribution in [0.15, 0.2) is 18.6 Å². The fourth-order valence-corrected chi connectivity index (χ4v) is 3.92. The molecule has 2 aromatic rings. The van der Waals surface area contributed by atoms with E-state index in [4.69, 9.17) is 4.74 Å². The van der Waals surface area contributed by atoms with Crippen molar-refractivity contribution in [1.82, 2.24) is 19.7 Å². The number of rotatable bonds is 3. The summed E-state index contributed by atoms with van der Waals surface area (Å²) in [5.41, 5.74) is 0.978. The second-order valence-electron chi connectivity index (χ2n) is 7.57. The van der Waals surface area contributed by atoms with Crippen LogP contribution in [0.5, 0.6) is 0 Å². The molecule has 0 radical (unpaired) electrons. The Hall–Kier alpha value is -1.24. The third-order valence-corrected chi connectivity index (χ3v) is 5.65. The van der Waals surface area contributed by atoms with Crippen LogP contribution in [0, 0.1) is 0 Å². The Morgan fingerprint density at radius 1 is 1.35 bits per heavy atom. The minimum Gasteiger partial charge on any atom is -0.368 e. The van der Waals surface area contributed by atoms with Crippen LogP contribution in [0.25, 0.3) is 0 Å². The Morgan fingerprint density at radius 2 is 2.13 bits per heavy atom. The van der Waals surface area contributed by atoms with Gasteiger partial charge in [0.2, 0.25) is 0 Å². The average molecular weight is 334 g/mol. The summed E-state index contributed by atoms with van der Waals surface area (Å²) in [5.74, 6) is 0. The lowest BCUT2D eigenvalue weighted by Gasteiger charge is -2.39. The molecule has 1 aliphatic heterocycles. The number of aromatic nitrogens is 3. The number of aryl methyl sites for hydroxylation is 1. The molecule has 1 saturated heterocycles. The summed E-state index contributed by atoms with van der Waals surface area (Å²) in [4.78, 5) is 8.38. The van der Waals surface area contributed by atoms with Crippen molar-refractivity contribution in [3.63, 3.8) is 0 Å². The molecular weight excluding hydrogens is 308 g/mol. The standard InChI is InChI=1S/C17H26N4OS/c1-16(2,3)15-18-9-14(23-15)11-21-6-7-22-17(4,12-21)13-8-19-20(5)10-13/h8-10H,6-7,11-12H2,1-5H3/t17-/m0/s1. The zero-order valence-electron chi connectivity index (χ0n) is 14.7. The molecule has 0 bridgehead atoms. The molecule has 3 heterocycles. The molecule has 126 valence electrons. The van der Waals surface area contributed by atoms with Gasteiger partial charge in [-0.05, 0) is 6.92 Å². The number of hydrogen-bond acceptors (Lipinski definition) is 5. The van der Waals surface area contributed by atoms with E-state index in [1.54, 1.807) is 0 Å². The Morgan fingerprint density at radius 3 is 2.74 bits per heavy atom. The SMILES string of the molecule is Cn1cc([C@]2(C)CN(Cc3cnc(C(C)(C)C)s3)CCO2)cn1. The molecule has 1 fully saturated rings. The first-order valence-electron chi connectivity index (χ1n) is 8.07. The van der Waals surface area contributed by atoms with Crippen molar-refractivity contribution >= 4 is 11.3 Å². The molecule has 0 spiro atoms. The molecule has 0 amide bonds. The predicted octanol–water partition coefficient (Wildman–Crippen LogP) is 2.92. The van der Waals surface area contributed by atoms with Crippen molar-refractivity contribution in [2.45, 2.75) is 45.3 Å². The van der Waals surface area contributed by atoms with Crippen LogP contribution < -0.4 is 0 Å². The van der Waals surface area contributed by atoms with E-state index in [0.29, 0.717) is 0 Å². The smallest absolute Gasteiger partial charge is 0.106 e. The van der Waals surface area contributed by atoms with Gasteiger partial charge >= 0.3 is 0 Å². The van der Waals surface area contributed by atoms with Crippen LogP contribution in [0.4, 0.5) is 0 Å². The van der Waals surface area contributed by atoms with Gasteiger partial charge in [0.1, 0.15) is 5.60 Å². The second-order valence-corrected chi connectivity index (χ2v) is 8.69. The van der Waals surface area contributed by atoms with Gasteiger partial charge < -0.3 is 4.74 Å².